The van der Waals surface area contributed by atoms with Crippen LogP contribution in [0.4, 0.5) is 14.6 Å². The molecular weight excluding hydrogens is 666 g/mol. The minimum atomic E-state index is -1.27. The Labute approximate surface area is 300 Å². The molecule has 0 aliphatic carbocycles. The molecule has 1 amide bonds. The third kappa shape index (κ3) is 5.86. The first kappa shape index (κ1) is 35.1. The van der Waals surface area contributed by atoms with Gasteiger partial charge in [0.25, 0.3) is 0 Å². The number of amides is 1. The van der Waals surface area contributed by atoms with E-state index in [1.165, 1.54) is 41.3 Å². The highest BCUT2D eigenvalue weighted by atomic mass is 19.1. The number of hydrogen-bond acceptors (Lipinski definition) is 9. The number of aromatic nitrogens is 2. The third-order valence-corrected chi connectivity index (χ3v) is 11.3. The summed E-state index contributed by atoms with van der Waals surface area (Å²) in [7, 11) is 1.60. The Kier molecular flexibility index (Phi) is 9.02. The molecule has 4 aromatic rings. The number of benzene rings is 3. The summed E-state index contributed by atoms with van der Waals surface area (Å²) in [5, 5.41) is 33.5. The Morgan fingerprint density at radius 1 is 1.17 bits per heavy atom. The van der Waals surface area contributed by atoms with E-state index in [2.05, 4.69) is 28.5 Å². The van der Waals surface area contributed by atoms with Crippen LogP contribution in [0.3, 0.4) is 0 Å². The zero-order valence-electron chi connectivity index (χ0n) is 29.3. The number of fused-ring (bicyclic) bond motifs is 3. The van der Waals surface area contributed by atoms with Gasteiger partial charge in [-0.2, -0.15) is 15.2 Å². The van der Waals surface area contributed by atoms with Crippen molar-refractivity contribution in [2.75, 3.05) is 44.7 Å². The van der Waals surface area contributed by atoms with Crippen LogP contribution in [0.15, 0.2) is 43.0 Å². The standard InChI is InChI=1S/C40H40F2N6O4/c1-5-27-30(41)11-10-24-18-26(49)20-28(33(24)27)34-25(21-43)19-29-36(35(34)42)44-38(52-23-40-13-8-16-48(40)17-9-14-40)45-37(29)47-15-7-12-39(3,51)31(22-47)46(4)32(50)6-2/h1,6,10-11,18-20,31,49,51H,2,7-9,12-17,22-23H2,3-4H3. The lowest BCUT2D eigenvalue weighted by Gasteiger charge is -2.39. The van der Waals surface area contributed by atoms with Gasteiger partial charge in [0.05, 0.1) is 34.4 Å². The van der Waals surface area contributed by atoms with Crippen LogP contribution in [0.1, 0.15) is 56.6 Å². The van der Waals surface area contributed by atoms with Gasteiger partial charge < -0.3 is 24.7 Å². The third-order valence-electron chi connectivity index (χ3n) is 11.3. The summed E-state index contributed by atoms with van der Waals surface area (Å²) in [6, 6.07) is 8.05. The average Bonchev–Trinajstić information content (AvgIpc) is 3.67. The molecule has 2 N–H and O–H groups in total. The molecule has 2 atom stereocenters. The first-order chi connectivity index (χ1) is 24.9. The molecule has 0 saturated carbocycles. The summed E-state index contributed by atoms with van der Waals surface area (Å²) in [6.45, 7) is 8.06. The molecule has 1 aromatic heterocycles. The number of nitriles is 1. The van der Waals surface area contributed by atoms with E-state index in [0.29, 0.717) is 31.4 Å². The number of phenols is 1. The number of carbonyl (C=O) groups is 1. The van der Waals surface area contributed by atoms with Gasteiger partial charge in [0.2, 0.25) is 5.91 Å². The van der Waals surface area contributed by atoms with Crippen molar-refractivity contribution < 1.29 is 28.5 Å². The maximum atomic E-state index is 17.4. The van der Waals surface area contributed by atoms with E-state index in [9.17, 15) is 20.3 Å². The Bertz CT molecular complexity index is 2200. The molecule has 12 heteroatoms. The summed E-state index contributed by atoms with van der Waals surface area (Å²) in [4.78, 5) is 28.0. The van der Waals surface area contributed by atoms with Crippen molar-refractivity contribution in [1.29, 1.82) is 5.26 Å². The monoisotopic (exact) mass is 706 g/mol. The van der Waals surface area contributed by atoms with Crippen LogP contribution in [-0.2, 0) is 4.79 Å². The molecule has 0 bridgehead atoms. The molecule has 3 aliphatic heterocycles. The summed E-state index contributed by atoms with van der Waals surface area (Å²) >= 11 is 0. The van der Waals surface area contributed by atoms with Crippen LogP contribution in [0.25, 0.3) is 32.8 Å². The Balaban J connectivity index is 1.45. The number of hydrogen-bond donors (Lipinski definition) is 2. The second kappa shape index (κ2) is 13.4. The molecule has 3 fully saturated rings. The topological polar surface area (TPSA) is 126 Å². The lowest BCUT2D eigenvalue weighted by molar-refractivity contribution is -0.132. The van der Waals surface area contributed by atoms with Gasteiger partial charge >= 0.3 is 6.01 Å². The number of terminal acetylenes is 1. The highest BCUT2D eigenvalue weighted by molar-refractivity contribution is 6.05. The van der Waals surface area contributed by atoms with E-state index in [0.717, 1.165) is 38.8 Å². The van der Waals surface area contributed by atoms with Gasteiger partial charge in [0, 0.05) is 36.5 Å². The van der Waals surface area contributed by atoms with Crippen molar-refractivity contribution in [2.45, 2.75) is 62.6 Å². The molecule has 2 unspecified atom stereocenters. The lowest BCUT2D eigenvalue weighted by atomic mass is 9.90. The molecule has 10 nitrogen and oxygen atoms in total. The fourth-order valence-corrected chi connectivity index (χ4v) is 8.59. The van der Waals surface area contributed by atoms with Crippen molar-refractivity contribution in [3.63, 3.8) is 0 Å². The largest absolute Gasteiger partial charge is 0.508 e. The number of phenolic OH excluding ortho intramolecular Hbond substituents is 1. The van der Waals surface area contributed by atoms with Crippen molar-refractivity contribution in [3.8, 4) is 41.3 Å². The minimum absolute atomic E-state index is 0.0305. The molecule has 0 radical (unpaired) electrons. The fraction of sp³-hybridized carbons (Fsp3) is 0.400. The van der Waals surface area contributed by atoms with Crippen LogP contribution in [0.2, 0.25) is 0 Å². The smallest absolute Gasteiger partial charge is 0.319 e. The van der Waals surface area contributed by atoms with Crippen LogP contribution in [0.5, 0.6) is 11.8 Å². The zero-order chi connectivity index (χ0) is 36.9. The van der Waals surface area contributed by atoms with Gasteiger partial charge in [-0.3, -0.25) is 9.69 Å². The number of halogens is 2. The van der Waals surface area contributed by atoms with E-state index >= 15 is 8.78 Å². The lowest BCUT2D eigenvalue weighted by Crippen LogP contribution is -2.55. The van der Waals surface area contributed by atoms with Crippen molar-refractivity contribution >= 4 is 33.4 Å². The molecule has 3 aromatic carbocycles. The van der Waals surface area contributed by atoms with Gasteiger partial charge in [-0.05, 0) is 99.8 Å². The molecule has 0 spiro atoms. The fourth-order valence-electron chi connectivity index (χ4n) is 8.59. The predicted octanol–water partition coefficient (Wildman–Crippen LogP) is 5.66. The minimum Gasteiger partial charge on any atom is -0.508 e. The highest BCUT2D eigenvalue weighted by Gasteiger charge is 2.45. The number of aromatic hydroxyl groups is 1. The number of nitrogens with zero attached hydrogens (tertiary/aromatic N) is 6. The van der Waals surface area contributed by atoms with E-state index in [-0.39, 0.29) is 74.1 Å². The number of anilines is 1. The SMILES string of the molecule is C#Cc1c(F)ccc2cc(O)cc(-c3c(C#N)cc4c(N5CCCC(C)(O)C(N(C)C(=O)C=C)C5)nc(OCC56CCCN5CCC6)nc4c3F)c12. The highest BCUT2D eigenvalue weighted by Crippen LogP contribution is 2.43. The molecule has 3 saturated heterocycles. The number of ether oxygens (including phenoxy) is 1. The van der Waals surface area contributed by atoms with Gasteiger partial charge in [-0.25, -0.2) is 8.78 Å². The molecular formula is C40H40F2N6O4. The Hall–Kier alpha value is -5.30. The molecule has 268 valence electrons. The van der Waals surface area contributed by atoms with E-state index in [4.69, 9.17) is 16.1 Å². The normalized spacial score (nSPS) is 21.4. The van der Waals surface area contributed by atoms with Crippen LogP contribution in [-0.4, -0.2) is 92.9 Å². The molecule has 4 heterocycles. The Morgan fingerprint density at radius 2 is 1.90 bits per heavy atom. The van der Waals surface area contributed by atoms with Crippen LogP contribution >= 0.6 is 0 Å². The quantitative estimate of drug-likeness (QED) is 0.185. The van der Waals surface area contributed by atoms with Gasteiger partial charge in [0.15, 0.2) is 5.82 Å². The van der Waals surface area contributed by atoms with Gasteiger partial charge in [0.1, 0.15) is 29.5 Å². The Morgan fingerprint density at radius 3 is 2.60 bits per heavy atom. The molecule has 3 aliphatic rings. The summed E-state index contributed by atoms with van der Waals surface area (Å²) in [5.74, 6) is 0.408. The van der Waals surface area contributed by atoms with E-state index in [1.54, 1.807) is 14.0 Å². The molecule has 7 rings (SSSR count). The number of aliphatic hydroxyl groups is 1. The second-order valence-corrected chi connectivity index (χ2v) is 14.4. The van der Waals surface area contributed by atoms with Gasteiger partial charge in [-0.15, -0.1) is 6.42 Å². The number of likely N-dealkylation sites (N-methyl/N-ethyl adjacent to an activating group) is 1. The van der Waals surface area contributed by atoms with Crippen molar-refractivity contribution in [2.24, 2.45) is 0 Å². The van der Waals surface area contributed by atoms with Crippen molar-refractivity contribution in [3.05, 3.63) is 65.7 Å². The second-order valence-electron chi connectivity index (χ2n) is 14.4. The zero-order valence-corrected chi connectivity index (χ0v) is 29.3. The predicted molar refractivity (Wildman–Crippen MR) is 194 cm³/mol. The maximum absolute atomic E-state index is 17.4. The van der Waals surface area contributed by atoms with Crippen LogP contribution < -0.4 is 9.64 Å². The summed E-state index contributed by atoms with van der Waals surface area (Å²) < 4.78 is 38.8. The maximum Gasteiger partial charge on any atom is 0.319 e. The van der Waals surface area contributed by atoms with Gasteiger partial charge in [-0.1, -0.05) is 18.6 Å². The summed E-state index contributed by atoms with van der Waals surface area (Å²) in [6.07, 6.45) is 11.8. The molecule has 52 heavy (non-hydrogen) atoms. The first-order valence-electron chi connectivity index (χ1n) is 17.5. The van der Waals surface area contributed by atoms with E-state index < -0.39 is 23.3 Å². The number of rotatable bonds is 7. The van der Waals surface area contributed by atoms with Crippen LogP contribution in [0, 0.1) is 35.3 Å². The summed E-state index contributed by atoms with van der Waals surface area (Å²) in [5.41, 5.74) is -2.02. The first-order valence-corrected chi connectivity index (χ1v) is 17.5. The number of carbonyl (C=O) groups excluding carboxylic acids is 1. The van der Waals surface area contributed by atoms with E-state index in [1.807, 2.05) is 4.90 Å². The average molecular weight is 707 g/mol. The van der Waals surface area contributed by atoms with Crippen molar-refractivity contribution in [1.82, 2.24) is 19.8 Å².